The van der Waals surface area contributed by atoms with Gasteiger partial charge in [0.25, 0.3) is 0 Å². The van der Waals surface area contributed by atoms with E-state index in [9.17, 15) is 9.59 Å². The summed E-state index contributed by atoms with van der Waals surface area (Å²) in [6.45, 7) is 19.9. The number of hydrogen-bond donors (Lipinski definition) is 1. The number of fused-ring (bicyclic) bond motifs is 1. The standard InChI is InChI=1S/C35H51N5O6Si2/c1-22(2)47(23(3)4)43-20-28-17-31(34(44-26(9)41)33(28)45-48(46-47,24(5)6)25(7)8)38-35-29(18-36-21-37-35)32(42)30-15-16-40(39-30)19-27-13-11-10-12-14-27/h10-16,18,21-25,28,31,33-34H,17,19-20H2,1-9H3,(H,36,37,38). The lowest BCUT2D eigenvalue weighted by molar-refractivity contribution is -0.152. The third-order valence-electron chi connectivity index (χ3n) is 9.76. The second-order valence-corrected chi connectivity index (χ2v) is 23.2. The molecule has 1 aliphatic heterocycles. The van der Waals surface area contributed by atoms with Crippen molar-refractivity contribution in [2.75, 3.05) is 11.9 Å². The van der Waals surface area contributed by atoms with Crippen molar-refractivity contribution in [3.8, 4) is 0 Å². The average molecular weight is 694 g/mol. The summed E-state index contributed by atoms with van der Waals surface area (Å²) < 4.78 is 29.5. The van der Waals surface area contributed by atoms with Gasteiger partial charge in [-0.25, -0.2) is 9.97 Å². The molecule has 2 aliphatic rings. The summed E-state index contributed by atoms with van der Waals surface area (Å²) in [5.41, 5.74) is 2.34. The lowest BCUT2D eigenvalue weighted by Gasteiger charge is -2.51. The van der Waals surface area contributed by atoms with Gasteiger partial charge >= 0.3 is 23.1 Å². The summed E-state index contributed by atoms with van der Waals surface area (Å²) in [7, 11) is -5.69. The molecule has 1 aromatic carbocycles. The highest BCUT2D eigenvalue weighted by molar-refractivity contribution is 6.84. The van der Waals surface area contributed by atoms with E-state index in [-0.39, 0.29) is 45.1 Å². The summed E-state index contributed by atoms with van der Waals surface area (Å²) in [6, 6.07) is 11.2. The van der Waals surface area contributed by atoms with E-state index in [0.29, 0.717) is 25.4 Å². The minimum atomic E-state index is -2.95. The molecule has 1 aliphatic carbocycles. The molecule has 13 heteroatoms. The molecule has 260 valence electrons. The third-order valence-corrected chi connectivity index (χ3v) is 20.0. The monoisotopic (exact) mass is 693 g/mol. The Kier molecular flexibility index (Phi) is 11.0. The molecule has 1 N–H and O–H groups in total. The van der Waals surface area contributed by atoms with Gasteiger partial charge in [-0.2, -0.15) is 5.10 Å². The lowest BCUT2D eigenvalue weighted by Crippen LogP contribution is -2.65. The van der Waals surface area contributed by atoms with E-state index in [1.54, 1.807) is 16.9 Å². The number of ether oxygens (including phenoxy) is 1. The van der Waals surface area contributed by atoms with Gasteiger partial charge in [-0.3, -0.25) is 14.3 Å². The lowest BCUT2D eigenvalue weighted by atomic mass is 10.1. The van der Waals surface area contributed by atoms with Crippen LogP contribution in [0.3, 0.4) is 0 Å². The molecule has 2 fully saturated rings. The van der Waals surface area contributed by atoms with Crippen LogP contribution in [-0.4, -0.2) is 73.5 Å². The van der Waals surface area contributed by atoms with Crippen LogP contribution in [-0.2, 0) is 29.0 Å². The molecule has 4 atom stereocenters. The van der Waals surface area contributed by atoms with Crippen molar-refractivity contribution in [3.05, 3.63) is 71.9 Å². The van der Waals surface area contributed by atoms with Crippen LogP contribution in [0.5, 0.6) is 0 Å². The summed E-state index contributed by atoms with van der Waals surface area (Å²) in [6.07, 6.45) is 4.18. The van der Waals surface area contributed by atoms with E-state index >= 15 is 0 Å². The summed E-state index contributed by atoms with van der Waals surface area (Å²) in [4.78, 5) is 35.1. The van der Waals surface area contributed by atoms with Gasteiger partial charge in [-0.05, 0) is 40.2 Å². The molecule has 5 rings (SSSR count). The Balaban J connectivity index is 1.46. The van der Waals surface area contributed by atoms with Crippen LogP contribution < -0.4 is 5.32 Å². The van der Waals surface area contributed by atoms with Crippen molar-refractivity contribution >= 4 is 34.7 Å². The van der Waals surface area contributed by atoms with Crippen LogP contribution in [0.1, 0.15) is 90.3 Å². The number of rotatable bonds is 11. The Bertz CT molecular complexity index is 1550. The topological polar surface area (TPSA) is 127 Å². The quantitative estimate of drug-likeness (QED) is 0.133. The number of ketones is 1. The average Bonchev–Trinajstić information content (AvgIpc) is 3.61. The van der Waals surface area contributed by atoms with Gasteiger partial charge in [0, 0.05) is 31.8 Å². The van der Waals surface area contributed by atoms with E-state index in [0.717, 1.165) is 5.56 Å². The molecular weight excluding hydrogens is 643 g/mol. The Labute approximate surface area is 286 Å². The summed E-state index contributed by atoms with van der Waals surface area (Å²) in [5, 5.41) is 8.03. The first-order chi connectivity index (χ1) is 22.8. The maximum absolute atomic E-state index is 13.8. The number of aromatic nitrogens is 4. The van der Waals surface area contributed by atoms with Crippen molar-refractivity contribution in [1.29, 1.82) is 0 Å². The molecule has 48 heavy (non-hydrogen) atoms. The maximum atomic E-state index is 13.8. The van der Waals surface area contributed by atoms with Crippen LogP contribution in [0.15, 0.2) is 55.1 Å². The van der Waals surface area contributed by atoms with Gasteiger partial charge in [0.15, 0.2) is 0 Å². The van der Waals surface area contributed by atoms with Gasteiger partial charge < -0.3 is 23.0 Å². The fourth-order valence-corrected chi connectivity index (χ4v) is 18.6. The van der Waals surface area contributed by atoms with E-state index in [1.165, 1.54) is 19.4 Å². The number of benzene rings is 1. The minimum Gasteiger partial charge on any atom is -0.458 e. The number of esters is 1. The Morgan fingerprint density at radius 3 is 2.27 bits per heavy atom. The van der Waals surface area contributed by atoms with Gasteiger partial charge in [0.2, 0.25) is 5.78 Å². The van der Waals surface area contributed by atoms with Crippen LogP contribution in [0.25, 0.3) is 0 Å². The first-order valence-electron chi connectivity index (χ1n) is 17.1. The zero-order chi connectivity index (χ0) is 34.8. The number of anilines is 1. The number of nitrogens with one attached hydrogen (secondary N) is 1. The number of nitrogens with zero attached hydrogens (tertiary/aromatic N) is 4. The predicted octanol–water partition coefficient (Wildman–Crippen LogP) is 6.64. The van der Waals surface area contributed by atoms with Crippen LogP contribution in [0, 0.1) is 5.92 Å². The van der Waals surface area contributed by atoms with Crippen molar-refractivity contribution in [3.63, 3.8) is 0 Å². The first-order valence-corrected chi connectivity index (χ1v) is 21.1. The summed E-state index contributed by atoms with van der Waals surface area (Å²) in [5.74, 6) is -0.427. The minimum absolute atomic E-state index is 0.0702. The molecule has 1 saturated carbocycles. The Morgan fingerprint density at radius 2 is 1.65 bits per heavy atom. The van der Waals surface area contributed by atoms with E-state index in [1.807, 2.05) is 30.3 Å². The van der Waals surface area contributed by atoms with Gasteiger partial charge in [0.1, 0.15) is 23.9 Å². The number of carbonyl (C=O) groups excluding carboxylic acids is 2. The third kappa shape index (κ3) is 7.20. The highest BCUT2D eigenvalue weighted by atomic mass is 28.5. The SMILES string of the molecule is CC(=O)OC1C(Nc2ncncc2C(=O)c2ccn(Cc3ccccc3)n2)CC2CO[Si](C(C)C)(C(C)C)O[Si](C(C)C)(C(C)C)OC21. The molecular formula is C35H51N5O6Si2. The van der Waals surface area contributed by atoms with Crippen LogP contribution in [0.4, 0.5) is 5.82 Å². The normalized spacial score (nSPS) is 23.6. The zero-order valence-corrected chi connectivity index (χ0v) is 31.7. The fourth-order valence-electron chi connectivity index (χ4n) is 7.33. The van der Waals surface area contributed by atoms with Crippen molar-refractivity contribution < 1.29 is 27.3 Å². The summed E-state index contributed by atoms with van der Waals surface area (Å²) >= 11 is 0. The van der Waals surface area contributed by atoms with Crippen molar-refractivity contribution in [1.82, 2.24) is 19.7 Å². The molecule has 0 spiro atoms. The van der Waals surface area contributed by atoms with Gasteiger partial charge in [-0.15, -0.1) is 0 Å². The van der Waals surface area contributed by atoms with Crippen molar-refractivity contribution in [2.45, 2.75) is 116 Å². The molecule has 1 saturated heterocycles. The van der Waals surface area contributed by atoms with Crippen molar-refractivity contribution in [2.24, 2.45) is 5.92 Å². The highest BCUT2D eigenvalue weighted by Gasteiger charge is 2.61. The first kappa shape index (κ1) is 36.1. The number of carbonyl (C=O) groups is 2. The second kappa shape index (κ2) is 14.7. The molecule has 0 radical (unpaired) electrons. The maximum Gasteiger partial charge on any atom is 0.335 e. The van der Waals surface area contributed by atoms with E-state index < -0.39 is 41.3 Å². The smallest absolute Gasteiger partial charge is 0.335 e. The van der Waals surface area contributed by atoms with Crippen LogP contribution >= 0.6 is 0 Å². The van der Waals surface area contributed by atoms with Crippen LogP contribution in [0.2, 0.25) is 22.2 Å². The molecule has 11 nitrogen and oxygen atoms in total. The van der Waals surface area contributed by atoms with E-state index in [4.69, 9.17) is 17.7 Å². The predicted molar refractivity (Wildman–Crippen MR) is 188 cm³/mol. The molecule has 4 unspecified atom stereocenters. The Morgan fingerprint density at radius 1 is 0.979 bits per heavy atom. The van der Waals surface area contributed by atoms with E-state index in [2.05, 4.69) is 75.8 Å². The number of hydrogen-bond acceptors (Lipinski definition) is 10. The molecule has 3 heterocycles. The second-order valence-electron chi connectivity index (χ2n) is 14.4. The molecule has 0 amide bonds. The molecule has 0 bridgehead atoms. The zero-order valence-electron chi connectivity index (χ0n) is 29.7. The van der Waals surface area contributed by atoms with Gasteiger partial charge in [-0.1, -0.05) is 85.7 Å². The fraction of sp³-hybridized carbons (Fsp3) is 0.571. The van der Waals surface area contributed by atoms with Gasteiger partial charge in [0.05, 0.1) is 24.3 Å². The highest BCUT2D eigenvalue weighted by Crippen LogP contribution is 2.49. The Hall–Kier alpha value is -3.24. The largest absolute Gasteiger partial charge is 0.458 e. The molecule has 2 aromatic heterocycles. The molecule has 3 aromatic rings.